The Morgan fingerprint density at radius 2 is 1.68 bits per heavy atom. The summed E-state index contributed by atoms with van der Waals surface area (Å²) in [7, 11) is 0. The normalized spacial score (nSPS) is 17.2. The maximum atomic E-state index is 12.1. The average Bonchev–Trinajstić information content (AvgIpc) is 2.45. The zero-order chi connectivity index (χ0) is 16.7. The summed E-state index contributed by atoms with van der Waals surface area (Å²) in [4.78, 5) is 39.0. The minimum absolute atomic E-state index is 0.0237. The highest BCUT2D eigenvalue weighted by atomic mass is 16.2. The molecule has 126 valence electrons. The molecule has 0 radical (unpaired) electrons. The molecule has 7 heteroatoms. The number of piperazine rings is 1. The summed E-state index contributed by atoms with van der Waals surface area (Å²) >= 11 is 0. The third kappa shape index (κ3) is 5.63. The predicted molar refractivity (Wildman–Crippen MR) is 84.5 cm³/mol. The Morgan fingerprint density at radius 1 is 1.09 bits per heavy atom. The van der Waals surface area contributed by atoms with Crippen molar-refractivity contribution in [1.29, 1.82) is 0 Å². The van der Waals surface area contributed by atoms with Crippen LogP contribution in [0.15, 0.2) is 0 Å². The van der Waals surface area contributed by atoms with E-state index in [0.29, 0.717) is 32.7 Å². The Balaban J connectivity index is 2.38. The molecule has 1 unspecified atom stereocenters. The lowest BCUT2D eigenvalue weighted by atomic mass is 10.0. The van der Waals surface area contributed by atoms with Crippen LogP contribution in [0.2, 0.25) is 0 Å². The van der Waals surface area contributed by atoms with Crippen molar-refractivity contribution in [3.05, 3.63) is 0 Å². The van der Waals surface area contributed by atoms with Crippen molar-refractivity contribution in [3.8, 4) is 0 Å². The molecule has 0 bridgehead atoms. The van der Waals surface area contributed by atoms with Crippen LogP contribution in [0.5, 0.6) is 0 Å². The summed E-state index contributed by atoms with van der Waals surface area (Å²) in [5.74, 6) is -0.0826. The molecule has 1 heterocycles. The lowest BCUT2D eigenvalue weighted by Gasteiger charge is -2.34. The van der Waals surface area contributed by atoms with Crippen molar-refractivity contribution in [2.24, 2.45) is 5.92 Å². The molecule has 1 aliphatic heterocycles. The van der Waals surface area contributed by atoms with E-state index in [1.807, 2.05) is 25.7 Å². The van der Waals surface area contributed by atoms with Crippen molar-refractivity contribution in [2.45, 2.75) is 33.7 Å². The minimum atomic E-state index is -0.427. The first-order valence-corrected chi connectivity index (χ1v) is 7.90. The van der Waals surface area contributed by atoms with Gasteiger partial charge in [0.2, 0.25) is 5.91 Å². The molecule has 1 fully saturated rings. The van der Waals surface area contributed by atoms with Crippen LogP contribution in [-0.4, -0.2) is 72.8 Å². The molecule has 0 spiro atoms. The van der Waals surface area contributed by atoms with Gasteiger partial charge in [0.1, 0.15) is 0 Å². The minimum Gasteiger partial charge on any atom is -0.345 e. The molecular formula is C15H28N4O3. The van der Waals surface area contributed by atoms with Gasteiger partial charge < -0.3 is 15.5 Å². The average molecular weight is 312 g/mol. The van der Waals surface area contributed by atoms with E-state index in [2.05, 4.69) is 10.6 Å². The zero-order valence-electron chi connectivity index (χ0n) is 14.0. The molecule has 0 aromatic carbocycles. The van der Waals surface area contributed by atoms with E-state index in [0.717, 1.165) is 0 Å². The van der Waals surface area contributed by atoms with Crippen LogP contribution >= 0.6 is 0 Å². The molecule has 3 amide bonds. The fourth-order valence-electron chi connectivity index (χ4n) is 2.53. The Hall–Kier alpha value is -1.63. The highest BCUT2D eigenvalue weighted by molar-refractivity contribution is 5.88. The van der Waals surface area contributed by atoms with E-state index >= 15 is 0 Å². The zero-order valence-corrected chi connectivity index (χ0v) is 14.0. The Bertz CT molecular complexity index is 404. The van der Waals surface area contributed by atoms with Crippen molar-refractivity contribution in [1.82, 2.24) is 20.4 Å². The first-order chi connectivity index (χ1) is 10.3. The molecule has 1 rings (SSSR count). The number of ketones is 1. The van der Waals surface area contributed by atoms with Crippen LogP contribution in [0.1, 0.15) is 27.7 Å². The molecular weight excluding hydrogens is 284 g/mol. The van der Waals surface area contributed by atoms with Gasteiger partial charge in [-0.1, -0.05) is 13.8 Å². The number of carbonyl (C=O) groups excluding carboxylic acids is 3. The van der Waals surface area contributed by atoms with Crippen molar-refractivity contribution >= 4 is 17.7 Å². The molecule has 0 aromatic heterocycles. The van der Waals surface area contributed by atoms with Gasteiger partial charge in [0, 0.05) is 32.7 Å². The van der Waals surface area contributed by atoms with Crippen LogP contribution in [0, 0.1) is 5.92 Å². The van der Waals surface area contributed by atoms with E-state index in [1.54, 1.807) is 4.90 Å². The van der Waals surface area contributed by atoms with Gasteiger partial charge >= 0.3 is 6.03 Å². The summed E-state index contributed by atoms with van der Waals surface area (Å²) in [6.07, 6.45) is 0. The Morgan fingerprint density at radius 3 is 2.14 bits per heavy atom. The number of Topliss-reactive ketones (excluding diaryl/α,β-unsaturated/α-hetero) is 1. The first kappa shape index (κ1) is 18.4. The monoisotopic (exact) mass is 312 g/mol. The second-order valence-corrected chi connectivity index (χ2v) is 6.00. The van der Waals surface area contributed by atoms with E-state index in [1.165, 1.54) is 6.92 Å². The van der Waals surface area contributed by atoms with Crippen LogP contribution in [0.25, 0.3) is 0 Å². The largest absolute Gasteiger partial charge is 0.345 e. The van der Waals surface area contributed by atoms with Gasteiger partial charge in [-0.2, -0.15) is 0 Å². The van der Waals surface area contributed by atoms with Gasteiger partial charge in [-0.15, -0.1) is 0 Å². The van der Waals surface area contributed by atoms with Gasteiger partial charge in [0.05, 0.1) is 12.6 Å². The molecule has 2 N–H and O–H groups in total. The summed E-state index contributed by atoms with van der Waals surface area (Å²) < 4.78 is 0. The number of nitrogens with one attached hydrogen (secondary N) is 2. The number of nitrogens with zero attached hydrogens (tertiary/aromatic N) is 2. The molecule has 1 atom stereocenters. The summed E-state index contributed by atoms with van der Waals surface area (Å²) in [6.45, 7) is 10.6. The first-order valence-electron chi connectivity index (χ1n) is 7.90. The van der Waals surface area contributed by atoms with Gasteiger partial charge in [-0.3, -0.25) is 14.5 Å². The van der Waals surface area contributed by atoms with Gasteiger partial charge in [-0.25, -0.2) is 4.79 Å². The van der Waals surface area contributed by atoms with Gasteiger partial charge in [0.25, 0.3) is 0 Å². The topological polar surface area (TPSA) is 81.8 Å². The van der Waals surface area contributed by atoms with Crippen LogP contribution in [0.3, 0.4) is 0 Å². The van der Waals surface area contributed by atoms with Crippen LogP contribution in [-0.2, 0) is 9.59 Å². The second-order valence-electron chi connectivity index (χ2n) is 6.00. The molecule has 22 heavy (non-hydrogen) atoms. The molecule has 7 nitrogen and oxygen atoms in total. The van der Waals surface area contributed by atoms with E-state index in [4.69, 9.17) is 0 Å². The number of rotatable bonds is 6. The van der Waals surface area contributed by atoms with Crippen molar-refractivity contribution < 1.29 is 14.4 Å². The van der Waals surface area contributed by atoms with Crippen LogP contribution in [0.4, 0.5) is 4.79 Å². The highest BCUT2D eigenvalue weighted by Gasteiger charge is 2.24. The number of hydrogen-bond donors (Lipinski definition) is 2. The second kappa shape index (κ2) is 8.73. The number of urea groups is 1. The fraction of sp³-hybridized carbons (Fsp3) is 0.800. The Labute approximate surface area is 132 Å². The SMILES string of the molecule is CCNC(=O)N1CCN(CC(=O)NC(C(C)=O)C(C)C)CC1. The number of amides is 3. The molecule has 0 aliphatic carbocycles. The number of carbonyl (C=O) groups is 3. The van der Waals surface area contributed by atoms with E-state index < -0.39 is 6.04 Å². The van der Waals surface area contributed by atoms with Crippen LogP contribution < -0.4 is 10.6 Å². The van der Waals surface area contributed by atoms with Gasteiger partial charge in [-0.05, 0) is 19.8 Å². The maximum Gasteiger partial charge on any atom is 0.317 e. The third-order valence-electron chi connectivity index (χ3n) is 3.78. The quantitative estimate of drug-likeness (QED) is 0.727. The summed E-state index contributed by atoms with van der Waals surface area (Å²) in [5.41, 5.74) is 0. The molecule has 1 aliphatic rings. The molecule has 1 saturated heterocycles. The lowest BCUT2D eigenvalue weighted by Crippen LogP contribution is -2.54. The molecule has 0 saturated carbocycles. The summed E-state index contributed by atoms with van der Waals surface area (Å²) in [5, 5.41) is 5.57. The van der Waals surface area contributed by atoms with Crippen molar-refractivity contribution in [3.63, 3.8) is 0 Å². The third-order valence-corrected chi connectivity index (χ3v) is 3.78. The Kier molecular flexibility index (Phi) is 7.31. The van der Waals surface area contributed by atoms with Gasteiger partial charge in [0.15, 0.2) is 5.78 Å². The standard InChI is InChI=1S/C15H28N4O3/c1-5-16-15(22)19-8-6-18(7-9-19)10-13(21)17-14(11(2)3)12(4)20/h11,14H,5-10H2,1-4H3,(H,16,22)(H,17,21). The number of hydrogen-bond acceptors (Lipinski definition) is 4. The fourth-order valence-corrected chi connectivity index (χ4v) is 2.53. The molecule has 0 aromatic rings. The smallest absolute Gasteiger partial charge is 0.317 e. The maximum absolute atomic E-state index is 12.1. The highest BCUT2D eigenvalue weighted by Crippen LogP contribution is 2.04. The van der Waals surface area contributed by atoms with E-state index in [-0.39, 0.29) is 30.2 Å². The predicted octanol–water partition coefficient (Wildman–Crippen LogP) is 0.0633. The van der Waals surface area contributed by atoms with Crippen molar-refractivity contribution in [2.75, 3.05) is 39.3 Å². The lowest BCUT2D eigenvalue weighted by molar-refractivity contribution is -0.128. The van der Waals surface area contributed by atoms with E-state index in [9.17, 15) is 14.4 Å². The summed E-state index contributed by atoms with van der Waals surface area (Å²) in [6, 6.07) is -0.479.